The molecular formula is C11H18N2O. The van der Waals surface area contributed by atoms with Gasteiger partial charge in [-0.25, -0.2) is 4.98 Å². The Kier molecular flexibility index (Phi) is 3.47. The Balaban J connectivity index is 3.01. The van der Waals surface area contributed by atoms with Gasteiger partial charge in [-0.2, -0.15) is 0 Å². The van der Waals surface area contributed by atoms with Crippen LogP contribution in [-0.4, -0.2) is 24.2 Å². The molecule has 0 bridgehead atoms. The molecule has 0 aliphatic heterocycles. The minimum atomic E-state index is -0.390. The highest BCUT2D eigenvalue weighted by Gasteiger charge is 2.09. The van der Waals surface area contributed by atoms with Crippen LogP contribution < -0.4 is 4.90 Å². The Morgan fingerprint density at radius 3 is 2.50 bits per heavy atom. The molecule has 0 aliphatic rings. The lowest BCUT2D eigenvalue weighted by atomic mass is 10.1. The number of hydrogen-bond donors (Lipinski definition) is 1. The average molecular weight is 194 g/mol. The smallest absolute Gasteiger partial charge is 0.128 e. The number of pyridine rings is 1. The quantitative estimate of drug-likeness (QED) is 0.798. The van der Waals surface area contributed by atoms with E-state index in [1.807, 2.05) is 45.0 Å². The fourth-order valence-electron chi connectivity index (χ4n) is 1.38. The van der Waals surface area contributed by atoms with Crippen molar-refractivity contribution in [2.75, 3.05) is 19.0 Å². The average Bonchev–Trinajstić information content (AvgIpc) is 2.16. The van der Waals surface area contributed by atoms with Gasteiger partial charge in [0.1, 0.15) is 5.82 Å². The topological polar surface area (TPSA) is 36.4 Å². The van der Waals surface area contributed by atoms with E-state index in [4.69, 9.17) is 0 Å². The molecule has 0 saturated carbocycles. The highest BCUT2D eigenvalue weighted by molar-refractivity contribution is 5.40. The van der Waals surface area contributed by atoms with E-state index >= 15 is 0 Å². The van der Waals surface area contributed by atoms with Crippen molar-refractivity contribution >= 4 is 5.82 Å². The molecule has 0 amide bonds. The van der Waals surface area contributed by atoms with E-state index in [1.54, 1.807) is 0 Å². The normalized spacial score (nSPS) is 12.6. The van der Waals surface area contributed by atoms with Gasteiger partial charge in [-0.3, -0.25) is 0 Å². The summed E-state index contributed by atoms with van der Waals surface area (Å²) in [5, 5.41) is 9.69. The van der Waals surface area contributed by atoms with Crippen LogP contribution in [0.5, 0.6) is 0 Å². The Bertz CT molecular complexity index is 310. The lowest BCUT2D eigenvalue weighted by Gasteiger charge is -2.15. The van der Waals surface area contributed by atoms with E-state index in [-0.39, 0.29) is 0 Å². The summed E-state index contributed by atoms with van der Waals surface area (Å²) < 4.78 is 0. The summed E-state index contributed by atoms with van der Waals surface area (Å²) in [5.41, 5.74) is 1.84. The van der Waals surface area contributed by atoms with Crippen LogP contribution in [0.2, 0.25) is 0 Å². The van der Waals surface area contributed by atoms with Crippen molar-refractivity contribution < 1.29 is 5.11 Å². The first-order valence-electron chi connectivity index (χ1n) is 4.89. The molecule has 0 saturated heterocycles. The molecule has 1 aromatic heterocycles. The van der Waals surface area contributed by atoms with E-state index < -0.39 is 6.10 Å². The van der Waals surface area contributed by atoms with E-state index in [1.165, 1.54) is 0 Å². The molecule has 1 aromatic rings. The van der Waals surface area contributed by atoms with Gasteiger partial charge in [-0.15, -0.1) is 0 Å². The number of aryl methyl sites for hydroxylation is 1. The van der Waals surface area contributed by atoms with Crippen molar-refractivity contribution in [3.63, 3.8) is 0 Å². The zero-order valence-corrected chi connectivity index (χ0v) is 9.28. The Morgan fingerprint density at radius 1 is 1.43 bits per heavy atom. The van der Waals surface area contributed by atoms with Crippen LogP contribution in [0.3, 0.4) is 0 Å². The minimum absolute atomic E-state index is 0.390. The van der Waals surface area contributed by atoms with E-state index in [2.05, 4.69) is 4.98 Å². The van der Waals surface area contributed by atoms with Crippen molar-refractivity contribution in [1.82, 2.24) is 4.98 Å². The Morgan fingerprint density at radius 2 is 2.07 bits per heavy atom. The summed E-state index contributed by atoms with van der Waals surface area (Å²) in [6.45, 7) is 3.89. The van der Waals surface area contributed by atoms with Gasteiger partial charge in [0, 0.05) is 25.4 Å². The molecule has 0 unspecified atom stereocenters. The zero-order chi connectivity index (χ0) is 10.7. The molecule has 0 spiro atoms. The predicted molar refractivity (Wildman–Crippen MR) is 58.6 cm³/mol. The summed E-state index contributed by atoms with van der Waals surface area (Å²) in [6.07, 6.45) is 0.336. The van der Waals surface area contributed by atoms with E-state index in [0.29, 0.717) is 0 Å². The molecule has 1 heterocycles. The molecule has 3 heteroatoms. The number of aliphatic hydroxyl groups is 1. The SMILES string of the molecule is CC[C@@H](O)c1ccc(N(C)C)nc1C. The second-order valence-electron chi connectivity index (χ2n) is 3.66. The number of anilines is 1. The molecule has 0 aromatic carbocycles. The largest absolute Gasteiger partial charge is 0.388 e. The summed E-state index contributed by atoms with van der Waals surface area (Å²) >= 11 is 0. The van der Waals surface area contributed by atoms with Gasteiger partial charge in [-0.05, 0) is 19.4 Å². The number of nitrogens with zero attached hydrogens (tertiary/aromatic N) is 2. The standard InChI is InChI=1S/C11H18N2O/c1-5-10(14)9-6-7-11(13(3)4)12-8(9)2/h6-7,10,14H,5H2,1-4H3/t10-/m1/s1. The second kappa shape index (κ2) is 4.42. The number of aromatic nitrogens is 1. The van der Waals surface area contributed by atoms with Gasteiger partial charge >= 0.3 is 0 Å². The van der Waals surface area contributed by atoms with Crippen LogP contribution in [0.15, 0.2) is 12.1 Å². The maximum Gasteiger partial charge on any atom is 0.128 e. The Labute approximate surface area is 85.4 Å². The summed E-state index contributed by atoms with van der Waals surface area (Å²) in [5.74, 6) is 0.926. The third-order valence-corrected chi connectivity index (χ3v) is 2.32. The first-order valence-corrected chi connectivity index (χ1v) is 4.89. The van der Waals surface area contributed by atoms with Gasteiger partial charge in [0.15, 0.2) is 0 Å². The molecular weight excluding hydrogens is 176 g/mol. The van der Waals surface area contributed by atoms with Crippen molar-refractivity contribution in [2.24, 2.45) is 0 Å². The van der Waals surface area contributed by atoms with E-state index in [9.17, 15) is 5.11 Å². The first kappa shape index (κ1) is 11.0. The van der Waals surface area contributed by atoms with Crippen molar-refractivity contribution in [3.05, 3.63) is 23.4 Å². The molecule has 0 radical (unpaired) electrons. The van der Waals surface area contributed by atoms with E-state index in [0.717, 1.165) is 23.5 Å². The Hall–Kier alpha value is -1.09. The van der Waals surface area contributed by atoms with Gasteiger partial charge in [0.05, 0.1) is 6.10 Å². The molecule has 3 nitrogen and oxygen atoms in total. The van der Waals surface area contributed by atoms with Crippen LogP contribution in [0.1, 0.15) is 30.7 Å². The molecule has 1 N–H and O–H groups in total. The summed E-state index contributed by atoms with van der Waals surface area (Å²) in [7, 11) is 3.91. The molecule has 0 fully saturated rings. The fourth-order valence-corrected chi connectivity index (χ4v) is 1.38. The molecule has 1 atom stereocenters. The molecule has 0 aliphatic carbocycles. The summed E-state index contributed by atoms with van der Waals surface area (Å²) in [4.78, 5) is 6.36. The van der Waals surface area contributed by atoms with Crippen LogP contribution in [0, 0.1) is 6.92 Å². The third kappa shape index (κ3) is 2.23. The third-order valence-electron chi connectivity index (χ3n) is 2.32. The summed E-state index contributed by atoms with van der Waals surface area (Å²) in [6, 6.07) is 3.88. The van der Waals surface area contributed by atoms with Crippen LogP contribution in [0.4, 0.5) is 5.82 Å². The van der Waals surface area contributed by atoms with Crippen LogP contribution >= 0.6 is 0 Å². The van der Waals surface area contributed by atoms with Crippen molar-refractivity contribution in [1.29, 1.82) is 0 Å². The lowest BCUT2D eigenvalue weighted by molar-refractivity contribution is 0.172. The monoisotopic (exact) mass is 194 g/mol. The van der Waals surface area contributed by atoms with Crippen molar-refractivity contribution in [2.45, 2.75) is 26.4 Å². The van der Waals surface area contributed by atoms with Gasteiger partial charge in [-0.1, -0.05) is 13.0 Å². The molecule has 1 rings (SSSR count). The highest BCUT2D eigenvalue weighted by Crippen LogP contribution is 2.21. The predicted octanol–water partition coefficient (Wildman–Crippen LogP) is 1.90. The number of aliphatic hydroxyl groups excluding tert-OH is 1. The lowest BCUT2D eigenvalue weighted by Crippen LogP contribution is -2.12. The fraction of sp³-hybridized carbons (Fsp3) is 0.545. The maximum atomic E-state index is 9.69. The van der Waals surface area contributed by atoms with Crippen LogP contribution in [-0.2, 0) is 0 Å². The van der Waals surface area contributed by atoms with Crippen LogP contribution in [0.25, 0.3) is 0 Å². The van der Waals surface area contributed by atoms with Gasteiger partial charge in [0.2, 0.25) is 0 Å². The van der Waals surface area contributed by atoms with Gasteiger partial charge in [0.25, 0.3) is 0 Å². The first-order chi connectivity index (χ1) is 6.56. The highest BCUT2D eigenvalue weighted by atomic mass is 16.3. The second-order valence-corrected chi connectivity index (χ2v) is 3.66. The number of rotatable bonds is 3. The number of hydrogen-bond acceptors (Lipinski definition) is 3. The maximum absolute atomic E-state index is 9.69. The van der Waals surface area contributed by atoms with Gasteiger partial charge < -0.3 is 10.0 Å². The van der Waals surface area contributed by atoms with Crippen molar-refractivity contribution in [3.8, 4) is 0 Å². The zero-order valence-electron chi connectivity index (χ0n) is 9.28. The molecule has 14 heavy (non-hydrogen) atoms. The molecule has 78 valence electrons. The minimum Gasteiger partial charge on any atom is -0.388 e.